The zero-order valence-electron chi connectivity index (χ0n) is 9.41. The van der Waals surface area contributed by atoms with E-state index < -0.39 is 5.54 Å². The van der Waals surface area contributed by atoms with Crippen molar-refractivity contribution in [3.8, 4) is 0 Å². The van der Waals surface area contributed by atoms with Gasteiger partial charge in [-0.1, -0.05) is 6.42 Å². The molecule has 0 unspecified atom stereocenters. The van der Waals surface area contributed by atoms with Gasteiger partial charge in [0.05, 0.1) is 25.4 Å². The van der Waals surface area contributed by atoms with Crippen molar-refractivity contribution in [2.45, 2.75) is 43.4 Å². The maximum Gasteiger partial charge on any atom is 0.122 e. The van der Waals surface area contributed by atoms with Crippen molar-refractivity contribution < 1.29 is 14.9 Å². The summed E-state index contributed by atoms with van der Waals surface area (Å²) in [5, 5.41) is 18.8. The first kappa shape index (κ1) is 11.3. The van der Waals surface area contributed by atoms with Gasteiger partial charge in [-0.05, 0) is 32.7 Å². The Morgan fingerprint density at radius 2 is 1.73 bits per heavy atom. The van der Waals surface area contributed by atoms with E-state index in [0.29, 0.717) is 6.61 Å². The molecular weight excluding hydrogens is 194 g/mol. The van der Waals surface area contributed by atoms with E-state index >= 15 is 0 Å². The first-order chi connectivity index (χ1) is 7.19. The van der Waals surface area contributed by atoms with Gasteiger partial charge in [-0.3, -0.25) is 4.90 Å². The number of likely N-dealkylation sites (N-methyl/N-ethyl adjacent to an activating group) is 1. The highest BCUT2D eigenvalue weighted by Crippen LogP contribution is 2.42. The molecule has 0 aromatic rings. The summed E-state index contributed by atoms with van der Waals surface area (Å²) in [6, 6.07) is 0. The van der Waals surface area contributed by atoms with Crippen LogP contribution in [0.1, 0.15) is 32.1 Å². The smallest absolute Gasteiger partial charge is 0.122 e. The average Bonchev–Trinajstić information content (AvgIpc) is 2.56. The summed E-state index contributed by atoms with van der Waals surface area (Å²) in [5.41, 5.74) is -0.791. The molecule has 1 spiro atoms. The van der Waals surface area contributed by atoms with Crippen LogP contribution in [0.5, 0.6) is 0 Å². The third-order valence-corrected chi connectivity index (χ3v) is 4.16. The van der Waals surface area contributed by atoms with Gasteiger partial charge in [0.1, 0.15) is 5.72 Å². The quantitative estimate of drug-likeness (QED) is 0.697. The highest BCUT2D eigenvalue weighted by atomic mass is 16.5. The fourth-order valence-corrected chi connectivity index (χ4v) is 2.83. The summed E-state index contributed by atoms with van der Waals surface area (Å²) in [6.45, 7) is 0.361. The van der Waals surface area contributed by atoms with E-state index in [1.165, 1.54) is 19.3 Å². The molecule has 0 atom stereocenters. The second-order valence-electron chi connectivity index (χ2n) is 4.90. The van der Waals surface area contributed by atoms with Gasteiger partial charge >= 0.3 is 0 Å². The Balaban J connectivity index is 2.17. The van der Waals surface area contributed by atoms with Gasteiger partial charge in [0.25, 0.3) is 0 Å². The molecule has 0 radical (unpaired) electrons. The highest BCUT2D eigenvalue weighted by molar-refractivity contribution is 5.02. The van der Waals surface area contributed by atoms with E-state index in [4.69, 9.17) is 4.74 Å². The molecule has 2 N–H and O–H groups in total. The van der Waals surface area contributed by atoms with Crippen molar-refractivity contribution in [1.82, 2.24) is 4.90 Å². The molecule has 1 saturated carbocycles. The minimum Gasteiger partial charge on any atom is -0.394 e. The fourth-order valence-electron chi connectivity index (χ4n) is 2.83. The van der Waals surface area contributed by atoms with Gasteiger partial charge in [0, 0.05) is 0 Å². The molecule has 2 rings (SSSR count). The molecule has 0 amide bonds. The summed E-state index contributed by atoms with van der Waals surface area (Å²) in [5.74, 6) is 0. The molecule has 2 aliphatic rings. The summed E-state index contributed by atoms with van der Waals surface area (Å²) < 4.78 is 5.90. The normalized spacial score (nSPS) is 29.8. The Morgan fingerprint density at radius 3 is 2.20 bits per heavy atom. The highest BCUT2D eigenvalue weighted by Gasteiger charge is 2.53. The molecule has 4 nitrogen and oxygen atoms in total. The summed E-state index contributed by atoms with van der Waals surface area (Å²) in [6.07, 6.45) is 5.66. The van der Waals surface area contributed by atoms with Crippen LogP contribution in [0.15, 0.2) is 0 Å². The molecule has 1 heterocycles. The van der Waals surface area contributed by atoms with Gasteiger partial charge in [-0.25, -0.2) is 0 Å². The van der Waals surface area contributed by atoms with Gasteiger partial charge in [0.2, 0.25) is 0 Å². The van der Waals surface area contributed by atoms with Crippen molar-refractivity contribution in [2.24, 2.45) is 0 Å². The maximum absolute atomic E-state index is 9.42. The van der Waals surface area contributed by atoms with Crippen LogP contribution in [-0.4, -0.2) is 53.2 Å². The molecule has 4 heteroatoms. The lowest BCUT2D eigenvalue weighted by atomic mass is 9.89. The van der Waals surface area contributed by atoms with Gasteiger partial charge in [0.15, 0.2) is 0 Å². The van der Waals surface area contributed by atoms with Crippen molar-refractivity contribution in [3.05, 3.63) is 0 Å². The number of nitrogens with zero attached hydrogens (tertiary/aromatic N) is 1. The summed E-state index contributed by atoms with van der Waals surface area (Å²) in [7, 11) is 1.96. The molecule has 1 aliphatic heterocycles. The second kappa shape index (κ2) is 4.01. The van der Waals surface area contributed by atoms with Crippen molar-refractivity contribution >= 4 is 0 Å². The van der Waals surface area contributed by atoms with Crippen LogP contribution in [0.4, 0.5) is 0 Å². The first-order valence-corrected chi connectivity index (χ1v) is 5.79. The number of rotatable bonds is 2. The lowest BCUT2D eigenvalue weighted by Crippen LogP contribution is -2.57. The van der Waals surface area contributed by atoms with E-state index in [0.717, 1.165) is 12.8 Å². The minimum atomic E-state index is -0.572. The molecule has 15 heavy (non-hydrogen) atoms. The maximum atomic E-state index is 9.42. The summed E-state index contributed by atoms with van der Waals surface area (Å²) >= 11 is 0. The number of aliphatic hydroxyl groups is 2. The van der Waals surface area contributed by atoms with Gasteiger partial charge < -0.3 is 14.9 Å². The van der Waals surface area contributed by atoms with Gasteiger partial charge in [-0.2, -0.15) is 0 Å². The third-order valence-electron chi connectivity index (χ3n) is 4.16. The lowest BCUT2D eigenvalue weighted by Gasteiger charge is -2.43. The van der Waals surface area contributed by atoms with Gasteiger partial charge in [-0.15, -0.1) is 0 Å². The Hall–Kier alpha value is -0.160. The summed E-state index contributed by atoms with van der Waals surface area (Å²) in [4.78, 5) is 2.07. The molecule has 0 bridgehead atoms. The minimum absolute atomic E-state index is 0.0399. The number of hydrogen-bond donors (Lipinski definition) is 2. The monoisotopic (exact) mass is 215 g/mol. The Bertz CT molecular complexity index is 222. The zero-order valence-corrected chi connectivity index (χ0v) is 9.41. The molecule has 1 aliphatic carbocycles. The lowest BCUT2D eigenvalue weighted by molar-refractivity contribution is -0.110. The average molecular weight is 215 g/mol. The number of aliphatic hydroxyl groups excluding tert-OH is 2. The third kappa shape index (κ3) is 1.60. The van der Waals surface area contributed by atoms with Crippen molar-refractivity contribution in [1.29, 1.82) is 0 Å². The van der Waals surface area contributed by atoms with Crippen LogP contribution in [0.25, 0.3) is 0 Å². The number of hydrogen-bond acceptors (Lipinski definition) is 4. The van der Waals surface area contributed by atoms with Crippen LogP contribution in [0, 0.1) is 0 Å². The number of ether oxygens (including phenoxy) is 1. The molecule has 0 aromatic heterocycles. The van der Waals surface area contributed by atoms with Crippen LogP contribution >= 0.6 is 0 Å². The molecule has 1 saturated heterocycles. The Morgan fingerprint density at radius 1 is 1.13 bits per heavy atom. The second-order valence-corrected chi connectivity index (χ2v) is 4.90. The van der Waals surface area contributed by atoms with Crippen LogP contribution < -0.4 is 0 Å². The van der Waals surface area contributed by atoms with E-state index in [-0.39, 0.29) is 18.9 Å². The van der Waals surface area contributed by atoms with Crippen molar-refractivity contribution in [3.63, 3.8) is 0 Å². The molecule has 2 fully saturated rings. The first-order valence-electron chi connectivity index (χ1n) is 5.79. The van der Waals surface area contributed by atoms with Crippen LogP contribution in [0.2, 0.25) is 0 Å². The van der Waals surface area contributed by atoms with Crippen LogP contribution in [0.3, 0.4) is 0 Å². The molecule has 0 aromatic carbocycles. The van der Waals surface area contributed by atoms with E-state index in [1.54, 1.807) is 0 Å². The van der Waals surface area contributed by atoms with Crippen molar-refractivity contribution in [2.75, 3.05) is 26.9 Å². The zero-order chi connectivity index (χ0) is 10.9. The van der Waals surface area contributed by atoms with E-state index in [2.05, 4.69) is 4.90 Å². The van der Waals surface area contributed by atoms with E-state index in [1.807, 2.05) is 7.05 Å². The topological polar surface area (TPSA) is 52.9 Å². The molecular formula is C11H21NO3. The Kier molecular flexibility index (Phi) is 3.03. The fraction of sp³-hybridized carbons (Fsp3) is 1.00. The standard InChI is InChI=1S/C11H21NO3/c1-12-10(7-13,8-14)9-15-11(12)5-3-2-4-6-11/h13-14H,2-9H2,1H3. The SMILES string of the molecule is CN1C(CO)(CO)COC12CCCCC2. The predicted octanol–water partition coefficient (Wildman–Crippen LogP) is 0.332. The largest absolute Gasteiger partial charge is 0.394 e. The van der Waals surface area contributed by atoms with Crippen LogP contribution in [-0.2, 0) is 4.74 Å². The molecule has 88 valence electrons. The Labute approximate surface area is 90.8 Å². The predicted molar refractivity (Wildman–Crippen MR) is 56.4 cm³/mol. The van der Waals surface area contributed by atoms with E-state index in [9.17, 15) is 10.2 Å².